The van der Waals surface area contributed by atoms with Crippen molar-refractivity contribution in [1.82, 2.24) is 9.88 Å². The Labute approximate surface area is 138 Å². The number of aromatic nitrogens is 1. The van der Waals surface area contributed by atoms with E-state index in [9.17, 15) is 14.7 Å². The quantitative estimate of drug-likeness (QED) is 0.939. The van der Waals surface area contributed by atoms with Crippen molar-refractivity contribution in [3.63, 3.8) is 0 Å². The third kappa shape index (κ3) is 2.86. The number of hydrogen-bond acceptors (Lipinski definition) is 4. The molecule has 0 radical (unpaired) electrons. The molecule has 23 heavy (non-hydrogen) atoms. The van der Waals surface area contributed by atoms with E-state index in [-0.39, 0.29) is 11.8 Å². The van der Waals surface area contributed by atoms with Gasteiger partial charge < -0.3 is 10.0 Å². The van der Waals surface area contributed by atoms with Crippen molar-refractivity contribution in [2.45, 2.75) is 32.2 Å². The summed E-state index contributed by atoms with van der Waals surface area (Å²) >= 11 is 1.44. The Kier molecular flexibility index (Phi) is 4.17. The predicted octanol–water partition coefficient (Wildman–Crippen LogP) is 3.09. The number of benzene rings is 1. The van der Waals surface area contributed by atoms with Gasteiger partial charge in [-0.3, -0.25) is 4.79 Å². The standard InChI is InChI=1S/C17H18N2O3S/c1-10(2)15-18-13(9-23-15)16(20)19-8-7-11-5-3-4-6-12(11)14(19)17(21)22/h3-6,9-10,14H,7-8H2,1-2H3,(H,21,22). The number of carbonyl (C=O) groups is 2. The van der Waals surface area contributed by atoms with Gasteiger partial charge in [0.25, 0.3) is 5.91 Å². The van der Waals surface area contributed by atoms with Gasteiger partial charge in [0.05, 0.1) is 5.01 Å². The molecule has 1 aliphatic heterocycles. The van der Waals surface area contributed by atoms with Crippen LogP contribution in [0.15, 0.2) is 29.6 Å². The van der Waals surface area contributed by atoms with Crippen molar-refractivity contribution < 1.29 is 14.7 Å². The van der Waals surface area contributed by atoms with Gasteiger partial charge in [-0.1, -0.05) is 38.1 Å². The minimum Gasteiger partial charge on any atom is -0.479 e. The summed E-state index contributed by atoms with van der Waals surface area (Å²) in [6.45, 7) is 4.43. The maximum atomic E-state index is 12.8. The number of amides is 1. The van der Waals surface area contributed by atoms with Crippen LogP contribution in [0, 0.1) is 0 Å². The van der Waals surface area contributed by atoms with Gasteiger partial charge in [0.15, 0.2) is 6.04 Å². The summed E-state index contributed by atoms with van der Waals surface area (Å²) in [6.07, 6.45) is 0.660. The Balaban J connectivity index is 1.95. The van der Waals surface area contributed by atoms with Gasteiger partial charge in [0.1, 0.15) is 5.69 Å². The minimum atomic E-state index is -1.01. The van der Waals surface area contributed by atoms with Crippen LogP contribution in [0.2, 0.25) is 0 Å². The molecule has 0 spiro atoms. The number of aliphatic carboxylic acids is 1. The molecule has 0 aliphatic carbocycles. The number of carbonyl (C=O) groups excluding carboxylic acids is 1. The first-order chi connectivity index (χ1) is 11.0. The maximum Gasteiger partial charge on any atom is 0.331 e. The van der Waals surface area contributed by atoms with Crippen molar-refractivity contribution in [3.05, 3.63) is 51.5 Å². The van der Waals surface area contributed by atoms with E-state index < -0.39 is 12.0 Å². The lowest BCUT2D eigenvalue weighted by atomic mass is 9.92. The van der Waals surface area contributed by atoms with Crippen molar-refractivity contribution >= 4 is 23.2 Å². The molecule has 1 unspecified atom stereocenters. The highest BCUT2D eigenvalue weighted by atomic mass is 32.1. The van der Waals surface area contributed by atoms with E-state index in [2.05, 4.69) is 4.98 Å². The smallest absolute Gasteiger partial charge is 0.331 e. The van der Waals surface area contributed by atoms with Gasteiger partial charge >= 0.3 is 5.97 Å². The average molecular weight is 330 g/mol. The van der Waals surface area contributed by atoms with Crippen LogP contribution in [-0.4, -0.2) is 33.4 Å². The number of nitrogens with zero attached hydrogens (tertiary/aromatic N) is 2. The van der Waals surface area contributed by atoms with Crippen LogP contribution in [0.1, 0.15) is 52.4 Å². The van der Waals surface area contributed by atoms with Crippen molar-refractivity contribution in [1.29, 1.82) is 0 Å². The summed E-state index contributed by atoms with van der Waals surface area (Å²) in [5, 5.41) is 12.2. The summed E-state index contributed by atoms with van der Waals surface area (Å²) in [5.41, 5.74) is 2.02. The van der Waals surface area contributed by atoms with Gasteiger partial charge in [-0.2, -0.15) is 0 Å². The second-order valence-corrected chi connectivity index (χ2v) is 6.80. The normalized spacial score (nSPS) is 17.2. The highest BCUT2D eigenvalue weighted by Crippen LogP contribution is 2.31. The molecule has 3 rings (SSSR count). The van der Waals surface area contributed by atoms with Crippen LogP contribution in [-0.2, 0) is 11.2 Å². The van der Waals surface area contributed by atoms with E-state index >= 15 is 0 Å². The van der Waals surface area contributed by atoms with Crippen LogP contribution in [0.25, 0.3) is 0 Å². The zero-order valence-corrected chi connectivity index (χ0v) is 13.8. The summed E-state index contributed by atoms with van der Waals surface area (Å²) in [4.78, 5) is 30.3. The van der Waals surface area contributed by atoms with Crippen LogP contribution in [0.3, 0.4) is 0 Å². The molecule has 1 N–H and O–H groups in total. The molecular weight excluding hydrogens is 312 g/mol. The number of hydrogen-bond donors (Lipinski definition) is 1. The molecule has 1 atom stereocenters. The molecule has 120 valence electrons. The van der Waals surface area contributed by atoms with E-state index in [0.29, 0.717) is 24.2 Å². The predicted molar refractivity (Wildman–Crippen MR) is 87.8 cm³/mol. The lowest BCUT2D eigenvalue weighted by molar-refractivity contribution is -0.143. The Morgan fingerprint density at radius 1 is 1.35 bits per heavy atom. The minimum absolute atomic E-state index is 0.249. The second-order valence-electron chi connectivity index (χ2n) is 5.91. The van der Waals surface area contributed by atoms with Crippen LogP contribution in [0.5, 0.6) is 0 Å². The first kappa shape index (κ1) is 15.7. The summed E-state index contributed by atoms with van der Waals surface area (Å²) in [7, 11) is 0. The third-order valence-electron chi connectivity index (χ3n) is 4.01. The summed E-state index contributed by atoms with van der Waals surface area (Å²) < 4.78 is 0. The monoisotopic (exact) mass is 330 g/mol. The SMILES string of the molecule is CC(C)c1nc(C(=O)N2CCc3ccccc3C2C(=O)O)cs1. The van der Waals surface area contributed by atoms with Gasteiger partial charge in [-0.05, 0) is 17.5 Å². The Morgan fingerprint density at radius 2 is 2.09 bits per heavy atom. The zero-order valence-electron chi connectivity index (χ0n) is 13.0. The van der Waals surface area contributed by atoms with E-state index in [1.165, 1.54) is 16.2 Å². The van der Waals surface area contributed by atoms with Crippen molar-refractivity contribution in [2.24, 2.45) is 0 Å². The molecule has 1 aromatic carbocycles. The number of fused-ring (bicyclic) bond motifs is 1. The van der Waals surface area contributed by atoms with Crippen LogP contribution >= 0.6 is 11.3 Å². The molecule has 1 aliphatic rings. The molecular formula is C17H18N2O3S. The summed E-state index contributed by atoms with van der Waals surface area (Å²) in [6, 6.07) is 6.46. The molecule has 2 heterocycles. The second kappa shape index (κ2) is 6.12. The summed E-state index contributed by atoms with van der Waals surface area (Å²) in [5.74, 6) is -1.07. The van der Waals surface area contributed by atoms with Gasteiger partial charge in [-0.15, -0.1) is 11.3 Å². The Morgan fingerprint density at radius 3 is 2.74 bits per heavy atom. The number of carboxylic acid groups (broad SMARTS) is 1. The van der Waals surface area contributed by atoms with E-state index in [4.69, 9.17) is 0 Å². The topological polar surface area (TPSA) is 70.5 Å². The fourth-order valence-electron chi connectivity index (χ4n) is 2.85. The molecule has 0 saturated heterocycles. The van der Waals surface area contributed by atoms with Gasteiger partial charge in [0, 0.05) is 17.8 Å². The maximum absolute atomic E-state index is 12.8. The fourth-order valence-corrected chi connectivity index (χ4v) is 3.66. The lowest BCUT2D eigenvalue weighted by Gasteiger charge is -2.34. The first-order valence-electron chi connectivity index (χ1n) is 7.56. The number of thiazole rings is 1. The van der Waals surface area contributed by atoms with Crippen molar-refractivity contribution in [2.75, 3.05) is 6.54 Å². The van der Waals surface area contributed by atoms with Gasteiger partial charge in [0.2, 0.25) is 0 Å². The Bertz CT molecular complexity index is 754. The first-order valence-corrected chi connectivity index (χ1v) is 8.44. The largest absolute Gasteiger partial charge is 0.479 e. The Hall–Kier alpha value is -2.21. The highest BCUT2D eigenvalue weighted by molar-refractivity contribution is 7.09. The fraction of sp³-hybridized carbons (Fsp3) is 0.353. The molecule has 5 nitrogen and oxygen atoms in total. The van der Waals surface area contributed by atoms with E-state index in [0.717, 1.165) is 10.6 Å². The molecule has 1 aromatic heterocycles. The molecule has 0 saturated carbocycles. The molecule has 0 bridgehead atoms. The molecule has 6 heteroatoms. The number of carboxylic acids is 1. The highest BCUT2D eigenvalue weighted by Gasteiger charge is 2.36. The van der Waals surface area contributed by atoms with Crippen LogP contribution < -0.4 is 0 Å². The third-order valence-corrected chi connectivity index (χ3v) is 5.16. The average Bonchev–Trinajstić information content (AvgIpc) is 3.03. The van der Waals surface area contributed by atoms with E-state index in [1.807, 2.05) is 32.0 Å². The lowest BCUT2D eigenvalue weighted by Crippen LogP contribution is -2.43. The van der Waals surface area contributed by atoms with Crippen LogP contribution in [0.4, 0.5) is 0 Å². The molecule has 0 fully saturated rings. The van der Waals surface area contributed by atoms with E-state index in [1.54, 1.807) is 11.4 Å². The van der Waals surface area contributed by atoms with Crippen molar-refractivity contribution in [3.8, 4) is 0 Å². The zero-order chi connectivity index (χ0) is 16.6. The number of rotatable bonds is 3. The van der Waals surface area contributed by atoms with Gasteiger partial charge in [-0.25, -0.2) is 9.78 Å². The molecule has 2 aromatic rings. The molecule has 1 amide bonds.